The van der Waals surface area contributed by atoms with Gasteiger partial charge in [0.05, 0.1) is 6.54 Å². The topological polar surface area (TPSA) is 104 Å². The number of likely N-dealkylation sites (N-methyl/N-ethyl adjacent to an activating group) is 1. The third-order valence-electron chi connectivity index (χ3n) is 4.10. The second-order valence-electron chi connectivity index (χ2n) is 6.83. The van der Waals surface area contributed by atoms with Gasteiger partial charge in [-0.25, -0.2) is 9.80 Å². The SMILES string of the molecule is C=C(C(=O)N(C)/N=C(\C)Cc1c(Cl)cc(NCc2noc(=O)[nH]2)cc1Cl)C(C)C. The second-order valence-corrected chi connectivity index (χ2v) is 7.65. The highest BCUT2D eigenvalue weighted by atomic mass is 35.5. The summed E-state index contributed by atoms with van der Waals surface area (Å²) in [7, 11) is 1.59. The van der Waals surface area contributed by atoms with Gasteiger partial charge in [0.1, 0.15) is 0 Å². The molecule has 0 aliphatic rings. The molecular formula is C19H23Cl2N5O3. The van der Waals surface area contributed by atoms with Crippen molar-refractivity contribution in [1.82, 2.24) is 15.1 Å². The van der Waals surface area contributed by atoms with E-state index < -0.39 is 5.76 Å². The van der Waals surface area contributed by atoms with E-state index in [1.165, 1.54) is 5.01 Å². The molecule has 0 spiro atoms. The maximum Gasteiger partial charge on any atom is 0.438 e. The average Bonchev–Trinajstić information content (AvgIpc) is 3.06. The van der Waals surface area contributed by atoms with E-state index in [9.17, 15) is 9.59 Å². The van der Waals surface area contributed by atoms with Crippen molar-refractivity contribution in [2.45, 2.75) is 33.7 Å². The Morgan fingerprint density at radius 2 is 2.00 bits per heavy atom. The Bertz CT molecular complexity index is 971. The number of hydrazone groups is 1. The summed E-state index contributed by atoms with van der Waals surface area (Å²) in [4.78, 5) is 25.7. The van der Waals surface area contributed by atoms with E-state index in [-0.39, 0.29) is 18.4 Å². The fourth-order valence-electron chi connectivity index (χ4n) is 2.44. The molecule has 10 heteroatoms. The van der Waals surface area contributed by atoms with Gasteiger partial charge in [0, 0.05) is 40.5 Å². The van der Waals surface area contributed by atoms with Crippen molar-refractivity contribution in [3.8, 4) is 0 Å². The molecule has 0 radical (unpaired) electrons. The van der Waals surface area contributed by atoms with Crippen LogP contribution in [0.1, 0.15) is 32.2 Å². The Balaban J connectivity index is 2.09. The van der Waals surface area contributed by atoms with Crippen LogP contribution in [0.3, 0.4) is 0 Å². The van der Waals surface area contributed by atoms with Crippen molar-refractivity contribution in [2.75, 3.05) is 12.4 Å². The highest BCUT2D eigenvalue weighted by Gasteiger charge is 2.16. The quantitative estimate of drug-likeness (QED) is 0.369. The summed E-state index contributed by atoms with van der Waals surface area (Å²) in [6.07, 6.45) is 0.375. The van der Waals surface area contributed by atoms with Crippen LogP contribution in [-0.4, -0.2) is 33.8 Å². The van der Waals surface area contributed by atoms with E-state index in [4.69, 9.17) is 23.2 Å². The van der Waals surface area contributed by atoms with Crippen LogP contribution in [0, 0.1) is 5.92 Å². The Morgan fingerprint density at radius 1 is 1.38 bits per heavy atom. The molecule has 0 aliphatic carbocycles. The summed E-state index contributed by atoms with van der Waals surface area (Å²) in [6, 6.07) is 3.42. The smallest absolute Gasteiger partial charge is 0.378 e. The standard InChI is InChI=1S/C19H23Cl2N5O3/c1-10(2)12(4)18(27)26(5)24-11(3)6-14-15(20)7-13(8-16(14)21)22-9-17-23-19(28)29-25-17/h7-8,10,22H,4,6,9H2,1-3,5H3,(H,23,25,28)/b24-11+. The zero-order valence-corrected chi connectivity index (χ0v) is 18.2. The number of nitrogens with zero attached hydrogens (tertiary/aromatic N) is 3. The summed E-state index contributed by atoms with van der Waals surface area (Å²) in [5, 5.41) is 13.1. The molecular weight excluding hydrogens is 417 g/mol. The maximum atomic E-state index is 12.3. The van der Waals surface area contributed by atoms with Gasteiger partial charge in [-0.05, 0) is 30.5 Å². The van der Waals surface area contributed by atoms with Crippen LogP contribution in [0.15, 0.2) is 38.7 Å². The Hall–Kier alpha value is -2.58. The van der Waals surface area contributed by atoms with Crippen LogP contribution in [-0.2, 0) is 17.8 Å². The average molecular weight is 440 g/mol. The zero-order valence-electron chi connectivity index (χ0n) is 16.7. The van der Waals surface area contributed by atoms with Gasteiger partial charge in [-0.1, -0.05) is 48.8 Å². The van der Waals surface area contributed by atoms with E-state index in [1.54, 1.807) is 26.1 Å². The van der Waals surface area contributed by atoms with Gasteiger partial charge in [0.15, 0.2) is 5.82 Å². The Labute approximate surface area is 178 Å². The van der Waals surface area contributed by atoms with Crippen molar-refractivity contribution in [2.24, 2.45) is 11.0 Å². The summed E-state index contributed by atoms with van der Waals surface area (Å²) in [5.41, 5.74) is 2.51. The lowest BCUT2D eigenvalue weighted by Crippen LogP contribution is -2.26. The summed E-state index contributed by atoms with van der Waals surface area (Å²) < 4.78 is 4.44. The van der Waals surface area contributed by atoms with E-state index in [2.05, 4.69) is 31.7 Å². The third-order valence-corrected chi connectivity index (χ3v) is 4.78. The molecule has 0 saturated carbocycles. The normalized spacial score (nSPS) is 11.6. The molecule has 0 unspecified atom stereocenters. The minimum atomic E-state index is -0.622. The number of hydrogen-bond donors (Lipinski definition) is 2. The number of nitrogens with one attached hydrogen (secondary N) is 2. The highest BCUT2D eigenvalue weighted by Crippen LogP contribution is 2.30. The number of carbonyl (C=O) groups excluding carboxylic acids is 1. The van der Waals surface area contributed by atoms with Crippen molar-refractivity contribution < 1.29 is 9.32 Å². The number of H-pyrrole nitrogens is 1. The number of anilines is 1. The molecule has 0 atom stereocenters. The van der Waals surface area contributed by atoms with Gasteiger partial charge in [-0.2, -0.15) is 5.10 Å². The number of aromatic amines is 1. The molecule has 2 N–H and O–H groups in total. The lowest BCUT2D eigenvalue weighted by atomic mass is 10.1. The van der Waals surface area contributed by atoms with Crippen molar-refractivity contribution in [3.63, 3.8) is 0 Å². The molecule has 8 nitrogen and oxygen atoms in total. The van der Waals surface area contributed by atoms with Gasteiger partial charge in [-0.3, -0.25) is 14.3 Å². The number of hydrogen-bond acceptors (Lipinski definition) is 6. The van der Waals surface area contributed by atoms with Crippen LogP contribution < -0.4 is 11.1 Å². The van der Waals surface area contributed by atoms with Crippen LogP contribution in [0.5, 0.6) is 0 Å². The maximum absolute atomic E-state index is 12.3. The van der Waals surface area contributed by atoms with Crippen molar-refractivity contribution >= 4 is 40.5 Å². The Morgan fingerprint density at radius 3 is 2.52 bits per heavy atom. The number of carbonyl (C=O) groups is 1. The fraction of sp³-hybridized carbons (Fsp3) is 0.368. The second kappa shape index (κ2) is 9.76. The van der Waals surface area contributed by atoms with Crippen LogP contribution in [0.25, 0.3) is 0 Å². The lowest BCUT2D eigenvalue weighted by Gasteiger charge is -2.17. The van der Waals surface area contributed by atoms with Gasteiger partial charge in [0.2, 0.25) is 0 Å². The molecule has 2 rings (SSSR count). The molecule has 156 valence electrons. The molecule has 0 saturated heterocycles. The number of aromatic nitrogens is 2. The minimum absolute atomic E-state index is 0.0412. The number of halogens is 2. The van der Waals surface area contributed by atoms with E-state index in [1.807, 2.05) is 13.8 Å². The van der Waals surface area contributed by atoms with E-state index >= 15 is 0 Å². The molecule has 0 aliphatic heterocycles. The van der Waals surface area contributed by atoms with Crippen LogP contribution >= 0.6 is 23.2 Å². The van der Waals surface area contributed by atoms with Gasteiger partial charge in [0.25, 0.3) is 5.91 Å². The van der Waals surface area contributed by atoms with E-state index in [0.717, 1.165) is 0 Å². The van der Waals surface area contributed by atoms with Gasteiger partial charge in [-0.15, -0.1) is 0 Å². The monoisotopic (exact) mass is 439 g/mol. The molecule has 1 aromatic heterocycles. The molecule has 1 amide bonds. The highest BCUT2D eigenvalue weighted by molar-refractivity contribution is 6.36. The summed E-state index contributed by atoms with van der Waals surface area (Å²) in [6.45, 7) is 9.65. The first-order chi connectivity index (χ1) is 13.6. The third kappa shape index (κ3) is 6.20. The first kappa shape index (κ1) is 22.7. The fourth-order valence-corrected chi connectivity index (χ4v) is 3.06. The molecule has 1 heterocycles. The van der Waals surface area contributed by atoms with Gasteiger partial charge >= 0.3 is 5.76 Å². The molecule has 0 bridgehead atoms. The predicted molar refractivity (Wildman–Crippen MR) is 114 cm³/mol. The first-order valence-electron chi connectivity index (χ1n) is 8.86. The van der Waals surface area contributed by atoms with Crippen molar-refractivity contribution in [3.05, 3.63) is 56.3 Å². The van der Waals surface area contributed by atoms with Gasteiger partial charge < -0.3 is 5.32 Å². The van der Waals surface area contributed by atoms with Crippen LogP contribution in [0.2, 0.25) is 10.0 Å². The van der Waals surface area contributed by atoms with Crippen LogP contribution in [0.4, 0.5) is 5.69 Å². The molecule has 1 aromatic carbocycles. The molecule has 0 fully saturated rings. The lowest BCUT2D eigenvalue weighted by molar-refractivity contribution is -0.126. The first-order valence-corrected chi connectivity index (χ1v) is 9.61. The zero-order chi connectivity index (χ0) is 21.7. The Kier molecular flexibility index (Phi) is 7.64. The predicted octanol–water partition coefficient (Wildman–Crippen LogP) is 3.87. The van der Waals surface area contributed by atoms with Crippen molar-refractivity contribution in [1.29, 1.82) is 0 Å². The number of benzene rings is 1. The summed E-state index contributed by atoms with van der Waals surface area (Å²) >= 11 is 12.8. The number of amides is 1. The molecule has 29 heavy (non-hydrogen) atoms. The molecule has 2 aromatic rings. The number of rotatable bonds is 8. The minimum Gasteiger partial charge on any atom is -0.378 e. The van der Waals surface area contributed by atoms with E-state index in [0.29, 0.717) is 44.8 Å². The largest absolute Gasteiger partial charge is 0.438 e. The summed E-state index contributed by atoms with van der Waals surface area (Å²) in [5.74, 6) is -0.463.